The van der Waals surface area contributed by atoms with E-state index < -0.39 is 0 Å². The molecule has 2 unspecified atom stereocenters. The van der Waals surface area contributed by atoms with E-state index in [-0.39, 0.29) is 0 Å². The highest BCUT2D eigenvalue weighted by Crippen LogP contribution is 2.29. The highest BCUT2D eigenvalue weighted by Gasteiger charge is 2.37. The maximum atomic E-state index is 5.81. The molecule has 1 aromatic rings. The minimum absolute atomic E-state index is 0.336. The lowest BCUT2D eigenvalue weighted by Crippen LogP contribution is -2.56. The first-order chi connectivity index (χ1) is 9.38. The summed E-state index contributed by atoms with van der Waals surface area (Å²) in [5.41, 5.74) is 3.67. The van der Waals surface area contributed by atoms with Crippen LogP contribution in [0.15, 0.2) is 35.3 Å². The lowest BCUT2D eigenvalue weighted by molar-refractivity contribution is -0.0304. The number of nitrogens with zero attached hydrogens (tertiary/aromatic N) is 2. The van der Waals surface area contributed by atoms with E-state index >= 15 is 0 Å². The monoisotopic (exact) mass is 260 g/mol. The smallest absolute Gasteiger partial charge is 0.214 e. The van der Waals surface area contributed by atoms with Crippen molar-refractivity contribution in [2.75, 3.05) is 13.2 Å². The number of hydrazine groups is 1. The van der Waals surface area contributed by atoms with Crippen LogP contribution in [0, 0.1) is 0 Å². The number of morpholine rings is 1. The Hall–Kier alpha value is -1.59. The summed E-state index contributed by atoms with van der Waals surface area (Å²) in [7, 11) is 0. The summed E-state index contributed by atoms with van der Waals surface area (Å²) < 4.78 is 5.81. The van der Waals surface area contributed by atoms with E-state index in [2.05, 4.69) is 15.3 Å². The normalized spacial score (nSPS) is 27.2. The maximum Gasteiger partial charge on any atom is 0.214 e. The number of nitrogens with one attached hydrogen (secondary N) is 1. The molecule has 5 nitrogen and oxygen atoms in total. The molecule has 1 aliphatic carbocycles. The fourth-order valence-electron chi connectivity index (χ4n) is 2.99. The molecule has 102 valence electrons. The van der Waals surface area contributed by atoms with Gasteiger partial charge in [-0.3, -0.25) is 5.43 Å². The number of guanidine groups is 1. The third kappa shape index (κ3) is 2.57. The van der Waals surface area contributed by atoms with Gasteiger partial charge in [0.05, 0.1) is 24.4 Å². The molecule has 2 atom stereocenters. The predicted octanol–water partition coefficient (Wildman–Crippen LogP) is 1.39. The minimum atomic E-state index is 0.336. The van der Waals surface area contributed by atoms with Gasteiger partial charge in [0.1, 0.15) is 0 Å². The lowest BCUT2D eigenvalue weighted by Gasteiger charge is -2.39. The van der Waals surface area contributed by atoms with E-state index in [9.17, 15) is 0 Å². The Bertz CT molecular complexity index is 448. The van der Waals surface area contributed by atoms with Gasteiger partial charge in [-0.05, 0) is 31.4 Å². The van der Waals surface area contributed by atoms with Crippen molar-refractivity contribution >= 4 is 11.6 Å². The first-order valence-corrected chi connectivity index (χ1v) is 6.87. The minimum Gasteiger partial charge on any atom is -0.374 e. The Kier molecular flexibility index (Phi) is 3.66. The molecule has 3 rings (SSSR count). The molecule has 1 saturated carbocycles. The number of nitrogens with two attached hydrogens (primary N) is 1. The largest absolute Gasteiger partial charge is 0.374 e. The van der Waals surface area contributed by atoms with Gasteiger partial charge in [0.2, 0.25) is 5.96 Å². The van der Waals surface area contributed by atoms with Gasteiger partial charge in [0.15, 0.2) is 0 Å². The van der Waals surface area contributed by atoms with Crippen LogP contribution in [0.3, 0.4) is 0 Å². The Balaban J connectivity index is 1.83. The Morgan fingerprint density at radius 1 is 1.32 bits per heavy atom. The standard InChI is InChI=1S/C14H20N4O/c15-17-14(16-11-5-2-1-3-6-11)18-9-10-19-13-8-4-7-12(13)18/h1-3,5-6,12-13H,4,7-10,15H2,(H,16,17). The molecule has 3 N–H and O–H groups in total. The topological polar surface area (TPSA) is 62.9 Å². The van der Waals surface area contributed by atoms with E-state index in [4.69, 9.17) is 10.6 Å². The van der Waals surface area contributed by atoms with Gasteiger partial charge in [-0.1, -0.05) is 18.2 Å². The summed E-state index contributed by atoms with van der Waals surface area (Å²) >= 11 is 0. The second-order valence-corrected chi connectivity index (χ2v) is 5.02. The predicted molar refractivity (Wildman–Crippen MR) is 74.9 cm³/mol. The van der Waals surface area contributed by atoms with E-state index in [1.165, 1.54) is 6.42 Å². The zero-order valence-corrected chi connectivity index (χ0v) is 11.0. The molecule has 0 aromatic heterocycles. The summed E-state index contributed by atoms with van der Waals surface area (Å²) in [6, 6.07) is 10.3. The number of hydrogen-bond acceptors (Lipinski definition) is 3. The SMILES string of the molecule is NNC(=Nc1ccccc1)N1CCOC2CCCC21. The fourth-order valence-corrected chi connectivity index (χ4v) is 2.99. The van der Waals surface area contributed by atoms with Crippen molar-refractivity contribution in [2.45, 2.75) is 31.4 Å². The van der Waals surface area contributed by atoms with Gasteiger partial charge < -0.3 is 9.64 Å². The first-order valence-electron chi connectivity index (χ1n) is 6.87. The average molecular weight is 260 g/mol. The quantitative estimate of drug-likeness (QED) is 0.347. The molecule has 19 heavy (non-hydrogen) atoms. The molecule has 1 saturated heterocycles. The van der Waals surface area contributed by atoms with Gasteiger partial charge >= 0.3 is 0 Å². The molecule has 0 spiro atoms. The van der Waals surface area contributed by atoms with Crippen molar-refractivity contribution < 1.29 is 4.74 Å². The number of aliphatic imine (C=N–C) groups is 1. The van der Waals surface area contributed by atoms with Gasteiger partial charge in [0.25, 0.3) is 0 Å². The first kappa shape index (κ1) is 12.4. The van der Waals surface area contributed by atoms with Gasteiger partial charge in [-0.25, -0.2) is 10.8 Å². The molecule has 0 radical (unpaired) electrons. The number of para-hydroxylation sites is 1. The van der Waals surface area contributed by atoms with E-state index in [0.717, 1.165) is 37.6 Å². The summed E-state index contributed by atoms with van der Waals surface area (Å²) in [5, 5.41) is 0. The van der Waals surface area contributed by atoms with Crippen molar-refractivity contribution in [3.05, 3.63) is 30.3 Å². The van der Waals surface area contributed by atoms with E-state index in [1.807, 2.05) is 30.3 Å². The van der Waals surface area contributed by atoms with Crippen LogP contribution in [0.5, 0.6) is 0 Å². The number of hydrogen-bond donors (Lipinski definition) is 2. The number of fused-ring (bicyclic) bond motifs is 1. The fraction of sp³-hybridized carbons (Fsp3) is 0.500. The molecule has 1 heterocycles. The van der Waals surface area contributed by atoms with Crippen molar-refractivity contribution in [3.63, 3.8) is 0 Å². The second-order valence-electron chi connectivity index (χ2n) is 5.02. The zero-order valence-electron chi connectivity index (χ0n) is 11.0. The Labute approximate surface area is 113 Å². The Morgan fingerprint density at radius 3 is 2.95 bits per heavy atom. The third-order valence-electron chi connectivity index (χ3n) is 3.87. The van der Waals surface area contributed by atoms with E-state index in [0.29, 0.717) is 12.1 Å². The molecule has 2 fully saturated rings. The molecular weight excluding hydrogens is 240 g/mol. The van der Waals surface area contributed by atoms with Crippen LogP contribution in [0.1, 0.15) is 19.3 Å². The molecule has 5 heteroatoms. The summed E-state index contributed by atoms with van der Waals surface area (Å²) in [6.45, 7) is 1.59. The van der Waals surface area contributed by atoms with Crippen LogP contribution in [-0.2, 0) is 4.74 Å². The van der Waals surface area contributed by atoms with Crippen molar-refractivity contribution in [2.24, 2.45) is 10.8 Å². The average Bonchev–Trinajstić information content (AvgIpc) is 2.94. The molecule has 0 amide bonds. The van der Waals surface area contributed by atoms with Crippen LogP contribution < -0.4 is 11.3 Å². The number of benzene rings is 1. The molecule has 1 aliphatic heterocycles. The van der Waals surface area contributed by atoms with Crippen molar-refractivity contribution in [1.29, 1.82) is 0 Å². The maximum absolute atomic E-state index is 5.81. The number of rotatable bonds is 1. The van der Waals surface area contributed by atoms with Crippen molar-refractivity contribution in [1.82, 2.24) is 10.3 Å². The highest BCUT2D eigenvalue weighted by atomic mass is 16.5. The van der Waals surface area contributed by atoms with Gasteiger partial charge in [-0.2, -0.15) is 0 Å². The van der Waals surface area contributed by atoms with Crippen LogP contribution in [-0.4, -0.2) is 36.2 Å². The van der Waals surface area contributed by atoms with Crippen LogP contribution in [0.2, 0.25) is 0 Å². The van der Waals surface area contributed by atoms with Crippen LogP contribution in [0.4, 0.5) is 5.69 Å². The second kappa shape index (κ2) is 5.59. The van der Waals surface area contributed by atoms with Crippen LogP contribution >= 0.6 is 0 Å². The van der Waals surface area contributed by atoms with Crippen molar-refractivity contribution in [3.8, 4) is 0 Å². The summed E-state index contributed by atoms with van der Waals surface area (Å²) in [4.78, 5) is 6.87. The van der Waals surface area contributed by atoms with E-state index in [1.54, 1.807) is 0 Å². The molecule has 2 aliphatic rings. The lowest BCUT2D eigenvalue weighted by atomic mass is 10.1. The zero-order chi connectivity index (χ0) is 13.1. The third-order valence-corrected chi connectivity index (χ3v) is 3.87. The summed E-state index contributed by atoms with van der Waals surface area (Å²) in [5.74, 6) is 6.41. The van der Waals surface area contributed by atoms with Gasteiger partial charge in [0, 0.05) is 6.54 Å². The Morgan fingerprint density at radius 2 is 2.16 bits per heavy atom. The molecule has 0 bridgehead atoms. The molecular formula is C14H20N4O. The summed E-state index contributed by atoms with van der Waals surface area (Å²) in [6.07, 6.45) is 3.85. The van der Waals surface area contributed by atoms with Crippen LogP contribution in [0.25, 0.3) is 0 Å². The molecule has 1 aromatic carbocycles. The van der Waals surface area contributed by atoms with Gasteiger partial charge in [-0.15, -0.1) is 0 Å². The highest BCUT2D eigenvalue weighted by molar-refractivity contribution is 5.82. The number of ether oxygens (including phenoxy) is 1.